The second-order valence-electron chi connectivity index (χ2n) is 6.53. The summed E-state index contributed by atoms with van der Waals surface area (Å²) in [6, 6.07) is 26.2. The molecule has 0 radical (unpaired) electrons. The molecule has 0 heterocycles. The number of methoxy groups -OCH3 is 1. The Morgan fingerprint density at radius 1 is 0.862 bits per heavy atom. The summed E-state index contributed by atoms with van der Waals surface area (Å²) in [6.45, 7) is -0.115. The molecule has 5 heteroatoms. The fourth-order valence-electron chi connectivity index (χ4n) is 2.98. The zero-order chi connectivity index (χ0) is 20.5. The van der Waals surface area contributed by atoms with E-state index in [1.807, 2.05) is 60.7 Å². The molecular formula is C24H23NO4. The van der Waals surface area contributed by atoms with E-state index >= 15 is 0 Å². The molecule has 3 aromatic rings. The minimum absolute atomic E-state index is 0.115. The average molecular weight is 389 g/mol. The van der Waals surface area contributed by atoms with Gasteiger partial charge in [-0.1, -0.05) is 60.7 Å². The Kier molecular flexibility index (Phi) is 7.00. The van der Waals surface area contributed by atoms with Crippen molar-refractivity contribution in [1.82, 2.24) is 5.32 Å². The van der Waals surface area contributed by atoms with E-state index < -0.39 is 5.97 Å². The third-order valence-electron chi connectivity index (χ3n) is 4.47. The highest BCUT2D eigenvalue weighted by Gasteiger charge is 2.16. The summed E-state index contributed by atoms with van der Waals surface area (Å²) in [6.07, 6.45) is 0.685. The van der Waals surface area contributed by atoms with Gasteiger partial charge < -0.3 is 14.8 Å². The number of carbonyl (C=O) groups excluding carboxylic acids is 2. The topological polar surface area (TPSA) is 64.6 Å². The molecule has 0 saturated carbocycles. The number of ether oxygens (including phenoxy) is 2. The summed E-state index contributed by atoms with van der Waals surface area (Å²) in [5.41, 5.74) is 2.60. The molecule has 0 aromatic heterocycles. The fourth-order valence-corrected chi connectivity index (χ4v) is 2.98. The first-order chi connectivity index (χ1) is 14.2. The third-order valence-corrected chi connectivity index (χ3v) is 4.47. The van der Waals surface area contributed by atoms with E-state index in [0.29, 0.717) is 17.7 Å². The van der Waals surface area contributed by atoms with Gasteiger partial charge in [-0.25, -0.2) is 4.79 Å². The summed E-state index contributed by atoms with van der Waals surface area (Å²) in [7, 11) is 1.33. The Morgan fingerprint density at radius 3 is 2.10 bits per heavy atom. The molecule has 0 aliphatic carbocycles. The molecule has 0 saturated heterocycles. The van der Waals surface area contributed by atoms with Gasteiger partial charge in [0.25, 0.3) is 5.91 Å². The summed E-state index contributed by atoms with van der Waals surface area (Å²) >= 11 is 0. The van der Waals surface area contributed by atoms with Crippen molar-refractivity contribution in [1.29, 1.82) is 0 Å². The van der Waals surface area contributed by atoms with Crippen molar-refractivity contribution in [2.24, 2.45) is 0 Å². The molecule has 5 nitrogen and oxygen atoms in total. The Hall–Kier alpha value is -3.60. The van der Waals surface area contributed by atoms with Crippen LogP contribution in [0.25, 0.3) is 0 Å². The molecule has 1 atom stereocenters. The molecule has 0 spiro atoms. The van der Waals surface area contributed by atoms with E-state index in [-0.39, 0.29) is 18.6 Å². The maximum atomic E-state index is 12.5. The van der Waals surface area contributed by atoms with E-state index in [2.05, 4.69) is 10.1 Å². The number of esters is 1. The van der Waals surface area contributed by atoms with Gasteiger partial charge in [-0.05, 0) is 41.8 Å². The number of rotatable bonds is 8. The van der Waals surface area contributed by atoms with Gasteiger partial charge in [0.1, 0.15) is 5.75 Å². The Bertz CT molecular complexity index is 924. The van der Waals surface area contributed by atoms with Gasteiger partial charge in [-0.15, -0.1) is 0 Å². The van der Waals surface area contributed by atoms with Crippen LogP contribution in [-0.2, 0) is 16.0 Å². The van der Waals surface area contributed by atoms with Gasteiger partial charge in [0.05, 0.1) is 18.7 Å². The molecule has 3 aromatic carbocycles. The molecule has 1 amide bonds. The van der Waals surface area contributed by atoms with Crippen molar-refractivity contribution in [3.05, 3.63) is 102 Å². The van der Waals surface area contributed by atoms with Crippen molar-refractivity contribution in [3.8, 4) is 5.75 Å². The number of benzene rings is 3. The van der Waals surface area contributed by atoms with E-state index in [4.69, 9.17) is 4.74 Å². The molecule has 29 heavy (non-hydrogen) atoms. The minimum Gasteiger partial charge on any atom is -0.484 e. The quantitative estimate of drug-likeness (QED) is 0.593. The van der Waals surface area contributed by atoms with Crippen molar-refractivity contribution >= 4 is 11.9 Å². The summed E-state index contributed by atoms with van der Waals surface area (Å²) < 4.78 is 10.2. The molecule has 3 rings (SSSR count). The Balaban J connectivity index is 1.61. The van der Waals surface area contributed by atoms with Crippen LogP contribution >= 0.6 is 0 Å². The first kappa shape index (κ1) is 20.1. The molecule has 1 N–H and O–H groups in total. The van der Waals surface area contributed by atoms with Crippen LogP contribution in [-0.4, -0.2) is 25.6 Å². The lowest BCUT2D eigenvalue weighted by atomic mass is 9.99. The zero-order valence-corrected chi connectivity index (χ0v) is 16.2. The lowest BCUT2D eigenvalue weighted by Crippen LogP contribution is -2.33. The van der Waals surface area contributed by atoms with Crippen molar-refractivity contribution in [2.45, 2.75) is 12.5 Å². The van der Waals surface area contributed by atoms with Gasteiger partial charge >= 0.3 is 5.97 Å². The van der Waals surface area contributed by atoms with Crippen molar-refractivity contribution in [3.63, 3.8) is 0 Å². The molecule has 0 unspecified atom stereocenters. The van der Waals surface area contributed by atoms with Gasteiger partial charge in [0, 0.05) is 0 Å². The highest BCUT2D eigenvalue weighted by molar-refractivity contribution is 5.89. The predicted molar refractivity (Wildman–Crippen MR) is 111 cm³/mol. The van der Waals surface area contributed by atoms with Gasteiger partial charge in [-0.3, -0.25) is 4.79 Å². The molecular weight excluding hydrogens is 366 g/mol. The molecule has 0 bridgehead atoms. The zero-order valence-electron chi connectivity index (χ0n) is 16.2. The standard InChI is InChI=1S/C24H23NO4/c1-28-24(27)20-12-14-21(15-13-20)29-17-23(26)25-22(19-10-6-3-7-11-19)16-18-8-4-2-5-9-18/h2-15,22H,16-17H2,1H3,(H,25,26)/t22-/m0/s1. The first-order valence-electron chi connectivity index (χ1n) is 9.35. The summed E-state index contributed by atoms with van der Waals surface area (Å²) in [5, 5.41) is 3.05. The van der Waals surface area contributed by atoms with Crippen LogP contribution in [0.5, 0.6) is 5.75 Å². The summed E-state index contributed by atoms with van der Waals surface area (Å²) in [4.78, 5) is 24.0. The van der Waals surface area contributed by atoms with Gasteiger partial charge in [0.15, 0.2) is 6.61 Å². The van der Waals surface area contributed by atoms with E-state index in [1.165, 1.54) is 7.11 Å². The molecule has 0 aliphatic rings. The van der Waals surface area contributed by atoms with E-state index in [1.54, 1.807) is 24.3 Å². The molecule has 0 fully saturated rings. The third kappa shape index (κ3) is 5.94. The van der Waals surface area contributed by atoms with Crippen LogP contribution in [0.1, 0.15) is 27.5 Å². The van der Waals surface area contributed by atoms with Crippen LogP contribution in [0, 0.1) is 0 Å². The van der Waals surface area contributed by atoms with Gasteiger partial charge in [-0.2, -0.15) is 0 Å². The fraction of sp³-hybridized carbons (Fsp3) is 0.167. The van der Waals surface area contributed by atoms with Crippen LogP contribution in [0.2, 0.25) is 0 Å². The maximum Gasteiger partial charge on any atom is 0.337 e. The van der Waals surface area contributed by atoms with Crippen LogP contribution in [0.4, 0.5) is 0 Å². The largest absolute Gasteiger partial charge is 0.484 e. The number of carbonyl (C=O) groups is 2. The predicted octanol–water partition coefficient (Wildman–Crippen LogP) is 3.95. The Morgan fingerprint density at radius 2 is 1.48 bits per heavy atom. The van der Waals surface area contributed by atoms with Crippen LogP contribution in [0.3, 0.4) is 0 Å². The number of nitrogens with one attached hydrogen (secondary N) is 1. The van der Waals surface area contributed by atoms with E-state index in [0.717, 1.165) is 11.1 Å². The van der Waals surface area contributed by atoms with Crippen molar-refractivity contribution in [2.75, 3.05) is 13.7 Å². The summed E-state index contributed by atoms with van der Waals surface area (Å²) in [5.74, 6) is -0.125. The minimum atomic E-state index is -0.416. The maximum absolute atomic E-state index is 12.5. The first-order valence-corrected chi connectivity index (χ1v) is 9.35. The Labute approximate surface area is 170 Å². The van der Waals surface area contributed by atoms with Crippen LogP contribution in [0.15, 0.2) is 84.9 Å². The van der Waals surface area contributed by atoms with Crippen molar-refractivity contribution < 1.29 is 19.1 Å². The second kappa shape index (κ2) is 10.1. The lowest BCUT2D eigenvalue weighted by molar-refractivity contribution is -0.123. The van der Waals surface area contributed by atoms with E-state index in [9.17, 15) is 9.59 Å². The monoisotopic (exact) mass is 389 g/mol. The average Bonchev–Trinajstić information content (AvgIpc) is 2.78. The second-order valence-corrected chi connectivity index (χ2v) is 6.53. The highest BCUT2D eigenvalue weighted by atomic mass is 16.5. The SMILES string of the molecule is COC(=O)c1ccc(OCC(=O)N[C@@H](Cc2ccccc2)c2ccccc2)cc1. The number of amides is 1. The lowest BCUT2D eigenvalue weighted by Gasteiger charge is -2.20. The molecule has 0 aliphatic heterocycles. The smallest absolute Gasteiger partial charge is 0.337 e. The van der Waals surface area contributed by atoms with Gasteiger partial charge in [0.2, 0.25) is 0 Å². The normalized spacial score (nSPS) is 11.3. The highest BCUT2D eigenvalue weighted by Crippen LogP contribution is 2.19. The molecule has 148 valence electrons. The van der Waals surface area contributed by atoms with Crippen LogP contribution < -0.4 is 10.1 Å². The number of hydrogen-bond acceptors (Lipinski definition) is 4. The number of hydrogen-bond donors (Lipinski definition) is 1.